The average molecular weight is 265 g/mol. The number of nitrogen functional groups attached to an aromatic ring is 1. The zero-order valence-electron chi connectivity index (χ0n) is 11.1. The quantitative estimate of drug-likeness (QED) is 0.621. The maximum atomic E-state index is 12.1. The predicted molar refractivity (Wildman–Crippen MR) is 70.6 cm³/mol. The number of carbonyl (C=O) groups excluding carboxylic acids is 2. The first kappa shape index (κ1) is 13.4. The lowest BCUT2D eigenvalue weighted by Crippen LogP contribution is -2.47. The zero-order valence-corrected chi connectivity index (χ0v) is 11.1. The molecule has 2 amide bonds. The molecule has 1 aliphatic heterocycles. The number of piperidine rings is 1. The molecule has 0 bridgehead atoms. The van der Waals surface area contributed by atoms with Gasteiger partial charge in [-0.3, -0.25) is 14.7 Å². The van der Waals surface area contributed by atoms with E-state index in [1.165, 1.54) is 0 Å². The van der Waals surface area contributed by atoms with Crippen LogP contribution in [0.1, 0.15) is 48.8 Å². The highest BCUT2D eigenvalue weighted by Gasteiger charge is 2.24. The summed E-state index contributed by atoms with van der Waals surface area (Å²) >= 11 is 0. The molecule has 1 aromatic rings. The van der Waals surface area contributed by atoms with Gasteiger partial charge in [0.05, 0.1) is 11.4 Å². The third kappa shape index (κ3) is 2.86. The van der Waals surface area contributed by atoms with Crippen LogP contribution in [0.25, 0.3) is 0 Å². The van der Waals surface area contributed by atoms with Crippen molar-refractivity contribution < 1.29 is 9.59 Å². The summed E-state index contributed by atoms with van der Waals surface area (Å²) in [5.41, 5.74) is 7.29. The maximum absolute atomic E-state index is 12.1. The van der Waals surface area contributed by atoms with E-state index in [1.54, 1.807) is 0 Å². The zero-order chi connectivity index (χ0) is 14.0. The second-order valence-electron chi connectivity index (χ2n) is 5.07. The Bertz CT molecular complexity index is 484. The molecule has 1 aromatic heterocycles. The van der Waals surface area contributed by atoms with Crippen molar-refractivity contribution in [3.8, 4) is 0 Å². The van der Waals surface area contributed by atoms with Crippen molar-refractivity contribution in [2.75, 3.05) is 12.3 Å². The second-order valence-corrected chi connectivity index (χ2v) is 5.07. The normalized spacial score (nSPS) is 19.3. The average Bonchev–Trinajstić information content (AvgIpc) is 2.74. The van der Waals surface area contributed by atoms with E-state index in [-0.39, 0.29) is 29.5 Å². The molecule has 1 fully saturated rings. The minimum absolute atomic E-state index is 0.0203. The molecule has 19 heavy (non-hydrogen) atoms. The Morgan fingerprint density at radius 2 is 2.26 bits per heavy atom. The maximum Gasteiger partial charge on any atom is 0.274 e. The van der Waals surface area contributed by atoms with Crippen LogP contribution in [0.2, 0.25) is 0 Å². The van der Waals surface area contributed by atoms with E-state index in [2.05, 4.69) is 20.8 Å². The molecule has 0 spiro atoms. The summed E-state index contributed by atoms with van der Waals surface area (Å²) in [5.74, 6) is -0.100. The van der Waals surface area contributed by atoms with Gasteiger partial charge in [-0.05, 0) is 12.3 Å². The molecular formula is C12H19N5O2. The third-order valence-corrected chi connectivity index (χ3v) is 3.23. The highest BCUT2D eigenvalue weighted by Crippen LogP contribution is 2.22. The van der Waals surface area contributed by atoms with Crippen molar-refractivity contribution >= 4 is 17.5 Å². The fraction of sp³-hybridized carbons (Fsp3) is 0.583. The number of amides is 2. The number of nitrogens with two attached hydrogens (primary N) is 1. The van der Waals surface area contributed by atoms with E-state index in [9.17, 15) is 9.59 Å². The molecule has 0 aromatic carbocycles. The highest BCUT2D eigenvalue weighted by atomic mass is 16.2. The number of hydrogen-bond acceptors (Lipinski definition) is 4. The predicted octanol–water partition coefficient (Wildman–Crippen LogP) is 0.124. The smallest absolute Gasteiger partial charge is 0.274 e. The number of rotatable bonds is 3. The summed E-state index contributed by atoms with van der Waals surface area (Å²) in [6.07, 6.45) is 1.07. The van der Waals surface area contributed by atoms with Crippen molar-refractivity contribution in [3.63, 3.8) is 0 Å². The largest absolute Gasteiger partial charge is 0.395 e. The van der Waals surface area contributed by atoms with Crippen LogP contribution in [0.4, 0.5) is 5.69 Å². The monoisotopic (exact) mass is 265 g/mol. The molecule has 0 saturated carbocycles. The standard InChI is InChI=1S/C12H19N5O2/c1-6(2)10-9(13)11(17-16-10)12(19)15-7-3-4-8(18)14-5-7/h6-7H,3-5,13H2,1-2H3,(H,14,18)(H,15,19)(H,16,17). The van der Waals surface area contributed by atoms with E-state index in [0.717, 1.165) is 5.69 Å². The van der Waals surface area contributed by atoms with E-state index in [1.807, 2.05) is 13.8 Å². The fourth-order valence-corrected chi connectivity index (χ4v) is 2.09. The van der Waals surface area contributed by atoms with Gasteiger partial charge in [0.2, 0.25) is 5.91 Å². The number of H-pyrrole nitrogens is 1. The number of nitrogens with one attached hydrogen (secondary N) is 3. The number of nitrogens with zero attached hydrogens (tertiary/aromatic N) is 1. The molecule has 0 radical (unpaired) electrons. The van der Waals surface area contributed by atoms with Gasteiger partial charge in [0.1, 0.15) is 0 Å². The molecule has 5 N–H and O–H groups in total. The number of aromatic nitrogens is 2. The summed E-state index contributed by atoms with van der Waals surface area (Å²) in [5, 5.41) is 12.3. The number of anilines is 1. The van der Waals surface area contributed by atoms with Gasteiger partial charge in [-0.15, -0.1) is 0 Å². The lowest BCUT2D eigenvalue weighted by Gasteiger charge is -2.23. The Morgan fingerprint density at radius 1 is 1.53 bits per heavy atom. The molecule has 7 nitrogen and oxygen atoms in total. The minimum atomic E-state index is -0.304. The second kappa shape index (κ2) is 5.29. The van der Waals surface area contributed by atoms with Crippen molar-refractivity contribution in [2.45, 2.75) is 38.6 Å². The van der Waals surface area contributed by atoms with Gasteiger partial charge in [0, 0.05) is 19.0 Å². The molecule has 1 aliphatic rings. The molecule has 2 heterocycles. The van der Waals surface area contributed by atoms with Crippen LogP contribution >= 0.6 is 0 Å². The summed E-state index contributed by atoms with van der Waals surface area (Å²) in [6.45, 7) is 4.40. The molecule has 7 heteroatoms. The summed E-state index contributed by atoms with van der Waals surface area (Å²) < 4.78 is 0. The summed E-state index contributed by atoms with van der Waals surface area (Å²) in [7, 11) is 0. The Labute approximate surface area is 111 Å². The van der Waals surface area contributed by atoms with Gasteiger partial charge in [-0.1, -0.05) is 13.8 Å². The van der Waals surface area contributed by atoms with Crippen LogP contribution in [0.15, 0.2) is 0 Å². The summed E-state index contributed by atoms with van der Waals surface area (Å²) in [4.78, 5) is 23.1. The molecule has 104 valence electrons. The van der Waals surface area contributed by atoms with E-state index in [4.69, 9.17) is 5.73 Å². The van der Waals surface area contributed by atoms with E-state index in [0.29, 0.717) is 25.1 Å². The Balaban J connectivity index is 2.02. The highest BCUT2D eigenvalue weighted by molar-refractivity contribution is 5.98. The van der Waals surface area contributed by atoms with Crippen LogP contribution in [0, 0.1) is 0 Å². The van der Waals surface area contributed by atoms with Crippen LogP contribution < -0.4 is 16.4 Å². The number of aromatic amines is 1. The molecule has 1 atom stereocenters. The third-order valence-electron chi connectivity index (χ3n) is 3.23. The topological polar surface area (TPSA) is 113 Å². The van der Waals surface area contributed by atoms with E-state index < -0.39 is 0 Å². The Kier molecular flexibility index (Phi) is 3.73. The van der Waals surface area contributed by atoms with Gasteiger partial charge < -0.3 is 16.4 Å². The van der Waals surface area contributed by atoms with Crippen LogP contribution in [0.3, 0.4) is 0 Å². The van der Waals surface area contributed by atoms with Crippen LogP contribution in [-0.4, -0.2) is 34.6 Å². The first-order chi connectivity index (χ1) is 8.99. The number of carbonyl (C=O) groups is 2. The van der Waals surface area contributed by atoms with Crippen LogP contribution in [-0.2, 0) is 4.79 Å². The van der Waals surface area contributed by atoms with Gasteiger partial charge in [0.25, 0.3) is 5.91 Å². The number of hydrogen-bond donors (Lipinski definition) is 4. The van der Waals surface area contributed by atoms with Crippen molar-refractivity contribution in [2.24, 2.45) is 0 Å². The van der Waals surface area contributed by atoms with Crippen molar-refractivity contribution in [1.82, 2.24) is 20.8 Å². The molecule has 0 aliphatic carbocycles. The molecular weight excluding hydrogens is 246 g/mol. The van der Waals surface area contributed by atoms with Gasteiger partial charge in [0.15, 0.2) is 5.69 Å². The lowest BCUT2D eigenvalue weighted by molar-refractivity contribution is -0.122. The Hall–Kier alpha value is -2.05. The SMILES string of the molecule is CC(C)c1[nH]nc(C(=O)NC2CCC(=O)NC2)c1N. The van der Waals surface area contributed by atoms with Gasteiger partial charge in [-0.2, -0.15) is 5.10 Å². The van der Waals surface area contributed by atoms with Gasteiger partial charge >= 0.3 is 0 Å². The van der Waals surface area contributed by atoms with Crippen molar-refractivity contribution in [1.29, 1.82) is 0 Å². The van der Waals surface area contributed by atoms with Crippen molar-refractivity contribution in [3.05, 3.63) is 11.4 Å². The molecule has 1 saturated heterocycles. The van der Waals surface area contributed by atoms with E-state index >= 15 is 0 Å². The molecule has 2 rings (SSSR count). The summed E-state index contributed by atoms with van der Waals surface area (Å²) in [6, 6.07) is -0.0659. The minimum Gasteiger partial charge on any atom is -0.395 e. The first-order valence-electron chi connectivity index (χ1n) is 6.40. The van der Waals surface area contributed by atoms with Gasteiger partial charge in [-0.25, -0.2) is 0 Å². The fourth-order valence-electron chi connectivity index (χ4n) is 2.09. The molecule has 1 unspecified atom stereocenters. The first-order valence-corrected chi connectivity index (χ1v) is 6.40. The Morgan fingerprint density at radius 3 is 2.79 bits per heavy atom. The lowest BCUT2D eigenvalue weighted by atomic mass is 10.1. The van der Waals surface area contributed by atoms with Crippen LogP contribution in [0.5, 0.6) is 0 Å².